The topological polar surface area (TPSA) is 46.9 Å². The molecular formula is C22H26ClN3OS3. The lowest BCUT2D eigenvalue weighted by Gasteiger charge is -2.59. The van der Waals surface area contributed by atoms with E-state index < -0.39 is 0 Å². The third-order valence-corrected chi connectivity index (χ3v) is 9.93. The van der Waals surface area contributed by atoms with E-state index in [1.165, 1.54) is 61.6 Å². The molecule has 1 heterocycles. The number of rotatable bonds is 6. The summed E-state index contributed by atoms with van der Waals surface area (Å²) in [4.78, 5) is 12.7. The quantitative estimate of drug-likeness (QED) is 0.400. The van der Waals surface area contributed by atoms with Crippen LogP contribution in [0.1, 0.15) is 45.4 Å². The van der Waals surface area contributed by atoms with Crippen molar-refractivity contribution in [3.63, 3.8) is 0 Å². The summed E-state index contributed by atoms with van der Waals surface area (Å²) in [5.74, 6) is 3.17. The molecule has 1 aromatic heterocycles. The average molecular weight is 480 g/mol. The molecule has 1 N–H and O–H groups in total. The van der Waals surface area contributed by atoms with Crippen LogP contribution >= 0.6 is 46.9 Å². The van der Waals surface area contributed by atoms with Crippen molar-refractivity contribution < 1.29 is 4.79 Å². The van der Waals surface area contributed by atoms with E-state index in [4.69, 9.17) is 23.8 Å². The number of nitrogens with zero attached hydrogens (tertiary/aromatic N) is 2. The van der Waals surface area contributed by atoms with Crippen LogP contribution in [0, 0.1) is 27.1 Å². The van der Waals surface area contributed by atoms with Gasteiger partial charge < -0.3 is 5.32 Å². The Bertz CT molecular complexity index is 965. The number of carbonyl (C=O) groups excluding carboxylic acids is 1. The number of benzene rings is 1. The van der Waals surface area contributed by atoms with Crippen LogP contribution in [0.4, 0.5) is 0 Å². The van der Waals surface area contributed by atoms with E-state index in [1.807, 2.05) is 24.3 Å². The minimum Gasteiger partial charge on any atom is -0.352 e. The van der Waals surface area contributed by atoms with Crippen LogP contribution in [0.15, 0.2) is 28.6 Å². The SMILES string of the molecule is CC(NC(=O)CSc1nn(-c2ccc(Cl)cc2)c(=S)s1)C12CC3CC(CC(C3)C1)C2. The molecule has 4 nitrogen and oxygen atoms in total. The van der Waals surface area contributed by atoms with Gasteiger partial charge in [-0.3, -0.25) is 4.79 Å². The fourth-order valence-electron chi connectivity index (χ4n) is 6.34. The summed E-state index contributed by atoms with van der Waals surface area (Å²) in [6.07, 6.45) is 8.20. The van der Waals surface area contributed by atoms with Gasteiger partial charge in [0, 0.05) is 11.1 Å². The van der Waals surface area contributed by atoms with E-state index in [0.717, 1.165) is 27.8 Å². The summed E-state index contributed by atoms with van der Waals surface area (Å²) in [7, 11) is 0. The summed E-state index contributed by atoms with van der Waals surface area (Å²) in [5, 5.41) is 8.60. The average Bonchev–Trinajstić information content (AvgIpc) is 3.06. The van der Waals surface area contributed by atoms with Gasteiger partial charge in [-0.05, 0) is 105 Å². The number of hydrogen-bond acceptors (Lipinski definition) is 5. The molecule has 160 valence electrons. The molecule has 1 amide bonds. The molecule has 8 heteroatoms. The Hall–Kier alpha value is -0.890. The van der Waals surface area contributed by atoms with Gasteiger partial charge in [0.15, 0.2) is 8.29 Å². The first kappa shape index (κ1) is 21.0. The molecule has 1 atom stereocenters. The van der Waals surface area contributed by atoms with Crippen molar-refractivity contribution in [2.45, 2.75) is 55.8 Å². The highest BCUT2D eigenvalue weighted by molar-refractivity contribution is 8.01. The van der Waals surface area contributed by atoms with Crippen LogP contribution in [0.3, 0.4) is 0 Å². The van der Waals surface area contributed by atoms with Crippen LogP contribution in [0.25, 0.3) is 5.69 Å². The lowest BCUT2D eigenvalue weighted by Crippen LogP contribution is -2.56. The predicted octanol–water partition coefficient (Wildman–Crippen LogP) is 6.13. The molecule has 4 fully saturated rings. The predicted molar refractivity (Wildman–Crippen MR) is 126 cm³/mol. The molecule has 0 saturated heterocycles. The first-order valence-corrected chi connectivity index (χ1v) is 13.3. The van der Waals surface area contributed by atoms with Gasteiger partial charge in [0.05, 0.1) is 11.4 Å². The molecule has 0 aliphatic heterocycles. The summed E-state index contributed by atoms with van der Waals surface area (Å²) in [6, 6.07) is 7.69. The maximum atomic E-state index is 12.7. The Morgan fingerprint density at radius 2 is 1.87 bits per heavy atom. The smallest absolute Gasteiger partial charge is 0.230 e. The minimum absolute atomic E-state index is 0.0995. The molecule has 1 aromatic carbocycles. The van der Waals surface area contributed by atoms with Crippen LogP contribution in [-0.2, 0) is 4.79 Å². The summed E-state index contributed by atoms with van der Waals surface area (Å²) >= 11 is 14.3. The van der Waals surface area contributed by atoms with Gasteiger partial charge in [0.2, 0.25) is 5.91 Å². The second-order valence-corrected chi connectivity index (χ2v) is 12.7. The van der Waals surface area contributed by atoms with Gasteiger partial charge in [-0.25, -0.2) is 4.68 Å². The molecule has 4 bridgehead atoms. The molecule has 6 rings (SSSR count). The lowest BCUT2D eigenvalue weighted by molar-refractivity contribution is -0.123. The first-order chi connectivity index (χ1) is 14.4. The van der Waals surface area contributed by atoms with Gasteiger partial charge in [-0.1, -0.05) is 34.7 Å². The van der Waals surface area contributed by atoms with E-state index in [9.17, 15) is 4.79 Å². The highest BCUT2D eigenvalue weighted by Crippen LogP contribution is 2.61. The Kier molecular flexibility index (Phi) is 5.75. The minimum atomic E-state index is 0.0995. The van der Waals surface area contributed by atoms with Crippen molar-refractivity contribution in [2.24, 2.45) is 23.2 Å². The fraction of sp³-hybridized carbons (Fsp3) is 0.591. The first-order valence-electron chi connectivity index (χ1n) is 10.7. The van der Waals surface area contributed by atoms with Crippen molar-refractivity contribution in [1.29, 1.82) is 0 Å². The lowest BCUT2D eigenvalue weighted by atomic mass is 9.48. The van der Waals surface area contributed by atoms with Gasteiger partial charge in [-0.15, -0.1) is 5.10 Å². The Labute approximate surface area is 195 Å². The summed E-state index contributed by atoms with van der Waals surface area (Å²) in [6.45, 7) is 2.23. The van der Waals surface area contributed by atoms with Crippen molar-refractivity contribution in [3.8, 4) is 5.69 Å². The molecule has 2 aromatic rings. The van der Waals surface area contributed by atoms with Crippen molar-refractivity contribution in [3.05, 3.63) is 33.2 Å². The van der Waals surface area contributed by atoms with E-state index in [1.54, 1.807) is 4.68 Å². The number of nitrogens with one attached hydrogen (secondary N) is 1. The van der Waals surface area contributed by atoms with Crippen molar-refractivity contribution in [1.82, 2.24) is 15.1 Å². The zero-order valence-electron chi connectivity index (χ0n) is 17.0. The van der Waals surface area contributed by atoms with Crippen LogP contribution in [0.2, 0.25) is 5.02 Å². The molecule has 0 spiro atoms. The maximum Gasteiger partial charge on any atom is 0.230 e. The largest absolute Gasteiger partial charge is 0.352 e. The van der Waals surface area contributed by atoms with Crippen LogP contribution in [0.5, 0.6) is 0 Å². The number of hydrogen-bond donors (Lipinski definition) is 1. The second kappa shape index (κ2) is 8.23. The third-order valence-electron chi connectivity index (χ3n) is 7.31. The van der Waals surface area contributed by atoms with Gasteiger partial charge >= 0.3 is 0 Å². The number of aromatic nitrogens is 2. The molecule has 30 heavy (non-hydrogen) atoms. The van der Waals surface area contributed by atoms with Crippen LogP contribution in [-0.4, -0.2) is 27.5 Å². The van der Waals surface area contributed by atoms with E-state index in [-0.39, 0.29) is 11.9 Å². The van der Waals surface area contributed by atoms with Crippen molar-refractivity contribution >= 4 is 52.8 Å². The normalized spacial score (nSPS) is 30.4. The highest BCUT2D eigenvalue weighted by atomic mass is 35.5. The number of carbonyl (C=O) groups is 1. The zero-order chi connectivity index (χ0) is 20.9. The Morgan fingerprint density at radius 3 is 2.47 bits per heavy atom. The highest BCUT2D eigenvalue weighted by Gasteiger charge is 2.53. The molecule has 0 radical (unpaired) electrons. The molecule has 4 aliphatic rings. The van der Waals surface area contributed by atoms with Gasteiger partial charge in [0.25, 0.3) is 0 Å². The van der Waals surface area contributed by atoms with Gasteiger partial charge in [-0.2, -0.15) is 0 Å². The molecular weight excluding hydrogens is 454 g/mol. The van der Waals surface area contributed by atoms with E-state index in [0.29, 0.717) is 20.1 Å². The van der Waals surface area contributed by atoms with Crippen LogP contribution < -0.4 is 5.32 Å². The van der Waals surface area contributed by atoms with Gasteiger partial charge in [0.1, 0.15) is 0 Å². The molecule has 1 unspecified atom stereocenters. The zero-order valence-corrected chi connectivity index (χ0v) is 20.2. The second-order valence-electron chi connectivity index (χ2n) is 9.38. The summed E-state index contributed by atoms with van der Waals surface area (Å²) < 4.78 is 3.21. The third kappa shape index (κ3) is 4.10. The number of thioether (sulfide) groups is 1. The summed E-state index contributed by atoms with van der Waals surface area (Å²) in [5.41, 5.74) is 1.22. The fourth-order valence-corrected chi connectivity index (χ4v) is 8.63. The van der Waals surface area contributed by atoms with E-state index in [2.05, 4.69) is 17.3 Å². The van der Waals surface area contributed by atoms with E-state index >= 15 is 0 Å². The number of amides is 1. The standard InChI is InChI=1S/C22H26ClN3OS3/c1-13(22-9-14-6-15(10-22)8-16(7-14)11-22)24-19(27)12-29-20-25-26(21(28)30-20)18-4-2-17(23)3-5-18/h2-5,13-16H,6-12H2,1H3,(H,24,27). The Morgan fingerprint density at radius 1 is 1.27 bits per heavy atom. The Balaban J connectivity index is 1.19. The van der Waals surface area contributed by atoms with Crippen molar-refractivity contribution in [2.75, 3.05) is 5.75 Å². The maximum absolute atomic E-state index is 12.7. The number of halogens is 1. The monoisotopic (exact) mass is 479 g/mol. The molecule has 4 saturated carbocycles. The molecule has 4 aliphatic carbocycles.